The summed E-state index contributed by atoms with van der Waals surface area (Å²) >= 11 is 0. The van der Waals surface area contributed by atoms with Crippen LogP contribution in [0.25, 0.3) is 0 Å². The summed E-state index contributed by atoms with van der Waals surface area (Å²) in [6, 6.07) is 2.86. The Morgan fingerprint density at radius 3 is 1.96 bits per heavy atom. The van der Waals surface area contributed by atoms with Gasteiger partial charge in [0.15, 0.2) is 0 Å². The van der Waals surface area contributed by atoms with Crippen molar-refractivity contribution in [1.29, 1.82) is 0 Å². The quantitative estimate of drug-likeness (QED) is 0.0498. The van der Waals surface area contributed by atoms with E-state index < -0.39 is 16.9 Å². The standard InChI is InChI=1S/C36H52N4O4S2/c1-4-5-6-7-8-9-10-11-12-13-14-15-16-17-18-19-20-21-22-25-33(41)38-27-28-45-46-36(2,3)32(30-39-35(43)44)40-34(42)31-24-23-26-37-29-31/h5-6,8-9,11-12,14-15,17-18,20-21,23-24,26,29,32,39H,4,7,10,13,16,19,22,25,27-28,30H2,1-3H3,(H,38,41)(H,40,42)(H,43,44)/b6-5-,9-8-,12-11-,15-14-,18-17-,21-20-. The lowest BCUT2D eigenvalue weighted by atomic mass is 10.0. The Labute approximate surface area is 283 Å². The van der Waals surface area contributed by atoms with E-state index in [1.165, 1.54) is 6.20 Å². The zero-order chi connectivity index (χ0) is 33.7. The van der Waals surface area contributed by atoms with Gasteiger partial charge in [0, 0.05) is 42.4 Å². The van der Waals surface area contributed by atoms with Gasteiger partial charge in [-0.05, 0) is 70.9 Å². The third kappa shape index (κ3) is 22.1. The number of nitrogens with zero attached hydrogens (tertiary/aromatic N) is 1. The molecule has 0 fully saturated rings. The molecular formula is C36H52N4O4S2. The van der Waals surface area contributed by atoms with Crippen LogP contribution in [0.3, 0.4) is 0 Å². The fourth-order valence-electron chi connectivity index (χ4n) is 3.82. The Balaban J connectivity index is 2.19. The van der Waals surface area contributed by atoms with Crippen molar-refractivity contribution < 1.29 is 19.5 Å². The lowest BCUT2D eigenvalue weighted by Crippen LogP contribution is -2.53. The molecule has 0 saturated heterocycles. The molecule has 46 heavy (non-hydrogen) atoms. The number of amides is 3. The highest BCUT2D eigenvalue weighted by atomic mass is 33.1. The van der Waals surface area contributed by atoms with Gasteiger partial charge in [0.2, 0.25) is 5.91 Å². The molecule has 0 aliphatic carbocycles. The van der Waals surface area contributed by atoms with Gasteiger partial charge < -0.3 is 21.1 Å². The molecule has 1 aromatic rings. The largest absolute Gasteiger partial charge is 0.465 e. The van der Waals surface area contributed by atoms with Crippen molar-refractivity contribution >= 4 is 39.5 Å². The predicted octanol–water partition coefficient (Wildman–Crippen LogP) is 8.20. The number of pyridine rings is 1. The monoisotopic (exact) mass is 668 g/mol. The normalized spacial score (nSPS) is 13.1. The van der Waals surface area contributed by atoms with Gasteiger partial charge >= 0.3 is 6.09 Å². The molecule has 4 N–H and O–H groups in total. The Hall–Kier alpha value is -3.50. The average Bonchev–Trinajstić information content (AvgIpc) is 3.04. The maximum atomic E-state index is 12.7. The topological polar surface area (TPSA) is 120 Å². The molecule has 1 atom stereocenters. The van der Waals surface area contributed by atoms with E-state index in [0.29, 0.717) is 30.7 Å². The minimum atomic E-state index is -1.15. The molecular weight excluding hydrogens is 617 g/mol. The van der Waals surface area contributed by atoms with Crippen LogP contribution in [0.15, 0.2) is 97.4 Å². The minimum Gasteiger partial charge on any atom is -0.465 e. The van der Waals surface area contributed by atoms with Gasteiger partial charge in [0.1, 0.15) is 0 Å². The Kier molecular flexibility index (Phi) is 23.5. The number of rotatable bonds is 24. The van der Waals surface area contributed by atoms with Crippen LogP contribution in [0, 0.1) is 0 Å². The molecule has 0 radical (unpaired) electrons. The Morgan fingerprint density at radius 2 is 1.43 bits per heavy atom. The molecule has 1 heterocycles. The summed E-state index contributed by atoms with van der Waals surface area (Å²) in [5, 5.41) is 17.3. The van der Waals surface area contributed by atoms with Gasteiger partial charge in [-0.3, -0.25) is 14.6 Å². The summed E-state index contributed by atoms with van der Waals surface area (Å²) in [5.41, 5.74) is 0.406. The van der Waals surface area contributed by atoms with Gasteiger partial charge in [-0.1, -0.05) is 101 Å². The second-order valence-corrected chi connectivity index (χ2v) is 13.8. The molecule has 3 amide bonds. The predicted molar refractivity (Wildman–Crippen MR) is 196 cm³/mol. The summed E-state index contributed by atoms with van der Waals surface area (Å²) in [7, 11) is 3.11. The number of hydrogen-bond donors (Lipinski definition) is 4. The molecule has 0 aliphatic heterocycles. The number of hydrogen-bond acceptors (Lipinski definition) is 6. The zero-order valence-electron chi connectivity index (χ0n) is 27.5. The number of aromatic nitrogens is 1. The highest BCUT2D eigenvalue weighted by Gasteiger charge is 2.32. The van der Waals surface area contributed by atoms with Crippen LogP contribution in [0.1, 0.15) is 82.5 Å². The fraction of sp³-hybridized carbons (Fsp3) is 0.444. The van der Waals surface area contributed by atoms with E-state index in [2.05, 4.69) is 94.7 Å². The van der Waals surface area contributed by atoms with Crippen LogP contribution in [-0.2, 0) is 4.79 Å². The summed E-state index contributed by atoms with van der Waals surface area (Å²) in [5.74, 6) is 0.370. The van der Waals surface area contributed by atoms with Gasteiger partial charge in [-0.25, -0.2) is 4.79 Å². The van der Waals surface area contributed by atoms with E-state index in [9.17, 15) is 14.4 Å². The van der Waals surface area contributed by atoms with Crippen molar-refractivity contribution in [2.45, 2.75) is 82.9 Å². The smallest absolute Gasteiger partial charge is 0.404 e. The minimum absolute atomic E-state index is 0.0108. The number of carbonyl (C=O) groups is 3. The van der Waals surface area contributed by atoms with Crippen molar-refractivity contribution in [3.63, 3.8) is 0 Å². The number of nitrogens with one attached hydrogen (secondary N) is 3. The van der Waals surface area contributed by atoms with Crippen molar-refractivity contribution in [3.8, 4) is 0 Å². The van der Waals surface area contributed by atoms with Gasteiger partial charge in [-0.15, -0.1) is 0 Å². The molecule has 0 bridgehead atoms. The molecule has 0 aliphatic rings. The molecule has 0 saturated carbocycles. The first-order valence-corrected chi connectivity index (χ1v) is 18.2. The average molecular weight is 669 g/mol. The van der Waals surface area contributed by atoms with Crippen molar-refractivity contribution in [2.24, 2.45) is 0 Å². The Bertz CT molecular complexity index is 1180. The summed E-state index contributed by atoms with van der Waals surface area (Å²) in [6.45, 7) is 6.63. The first-order chi connectivity index (χ1) is 22.3. The molecule has 0 spiro atoms. The molecule has 252 valence electrons. The number of allylic oxidation sites excluding steroid dienone is 12. The summed E-state index contributed by atoms with van der Waals surface area (Å²) in [4.78, 5) is 39.9. The van der Waals surface area contributed by atoms with Gasteiger partial charge in [0.05, 0.1) is 11.6 Å². The molecule has 0 aromatic carbocycles. The third-order valence-electron chi connectivity index (χ3n) is 6.44. The maximum absolute atomic E-state index is 12.7. The first-order valence-electron chi connectivity index (χ1n) is 15.9. The lowest BCUT2D eigenvalue weighted by molar-refractivity contribution is -0.120. The van der Waals surface area contributed by atoms with Gasteiger partial charge in [-0.2, -0.15) is 0 Å². The molecule has 1 rings (SSSR count). The van der Waals surface area contributed by atoms with Crippen LogP contribution < -0.4 is 16.0 Å². The van der Waals surface area contributed by atoms with E-state index in [-0.39, 0.29) is 18.4 Å². The first kappa shape index (κ1) is 40.5. The molecule has 10 heteroatoms. The van der Waals surface area contributed by atoms with Crippen molar-refractivity contribution in [2.75, 3.05) is 18.8 Å². The van der Waals surface area contributed by atoms with Crippen molar-refractivity contribution in [3.05, 3.63) is 103 Å². The van der Waals surface area contributed by atoms with Gasteiger partial charge in [0.25, 0.3) is 5.91 Å². The van der Waals surface area contributed by atoms with E-state index >= 15 is 0 Å². The Morgan fingerprint density at radius 1 is 0.870 bits per heavy atom. The maximum Gasteiger partial charge on any atom is 0.404 e. The highest BCUT2D eigenvalue weighted by molar-refractivity contribution is 8.77. The van der Waals surface area contributed by atoms with E-state index in [0.717, 1.165) is 38.5 Å². The highest BCUT2D eigenvalue weighted by Crippen LogP contribution is 2.38. The van der Waals surface area contributed by atoms with Crippen LogP contribution in [0.4, 0.5) is 4.79 Å². The van der Waals surface area contributed by atoms with Crippen LogP contribution >= 0.6 is 21.6 Å². The van der Waals surface area contributed by atoms with Crippen molar-refractivity contribution in [1.82, 2.24) is 20.9 Å². The SMILES string of the molecule is CC/C=C\C/C=C\C/C=C\C/C=C\C/C=C\C/C=C\CCC(=O)NCCSSC(C)(C)C(CNC(=O)O)NC(=O)c1cccnc1. The fourth-order valence-corrected chi connectivity index (χ4v) is 6.42. The molecule has 1 aromatic heterocycles. The van der Waals surface area contributed by atoms with Crippen LogP contribution in [0.2, 0.25) is 0 Å². The second-order valence-electron chi connectivity index (χ2n) is 10.8. The van der Waals surface area contributed by atoms with Crippen LogP contribution in [0.5, 0.6) is 0 Å². The zero-order valence-corrected chi connectivity index (χ0v) is 29.2. The van der Waals surface area contributed by atoms with E-state index in [1.807, 2.05) is 19.9 Å². The molecule has 1 unspecified atom stereocenters. The summed E-state index contributed by atoms with van der Waals surface area (Å²) in [6.07, 6.45) is 34.8. The number of carboxylic acid groups (broad SMARTS) is 1. The van der Waals surface area contributed by atoms with Crippen LogP contribution in [-0.4, -0.2) is 57.6 Å². The van der Waals surface area contributed by atoms with E-state index in [1.54, 1.807) is 39.9 Å². The lowest BCUT2D eigenvalue weighted by Gasteiger charge is -2.33. The second kappa shape index (κ2) is 26.7. The third-order valence-corrected chi connectivity index (χ3v) is 9.79. The molecule has 8 nitrogen and oxygen atoms in total. The number of carbonyl (C=O) groups excluding carboxylic acids is 2. The van der Waals surface area contributed by atoms with E-state index in [4.69, 9.17) is 5.11 Å². The summed E-state index contributed by atoms with van der Waals surface area (Å²) < 4.78 is -0.495.